The lowest BCUT2D eigenvalue weighted by molar-refractivity contribution is -0.384. The Morgan fingerprint density at radius 3 is 2.83 bits per heavy atom. The maximum Gasteiger partial charge on any atom is 0.360 e. The number of anilines is 1. The van der Waals surface area contributed by atoms with Crippen molar-refractivity contribution in [2.45, 2.75) is 44.2 Å². The zero-order chi connectivity index (χ0) is 21.5. The van der Waals surface area contributed by atoms with Gasteiger partial charge in [-0.05, 0) is 18.9 Å². The maximum absolute atomic E-state index is 12.5. The summed E-state index contributed by atoms with van der Waals surface area (Å²) in [6, 6.07) is 6.07. The van der Waals surface area contributed by atoms with Gasteiger partial charge in [-0.25, -0.2) is 9.48 Å². The Balaban J connectivity index is 1.56. The molecule has 0 aliphatic heterocycles. The summed E-state index contributed by atoms with van der Waals surface area (Å²) in [5.41, 5.74) is 0.475. The number of nitrogens with one attached hydrogen (secondary N) is 2. The molecular weight excluding hydrogens is 392 g/mol. The van der Waals surface area contributed by atoms with Crippen LogP contribution in [0.15, 0.2) is 30.5 Å². The van der Waals surface area contributed by atoms with Crippen LogP contribution in [-0.4, -0.2) is 51.5 Å². The van der Waals surface area contributed by atoms with Gasteiger partial charge < -0.3 is 15.4 Å². The number of ether oxygens (including phenoxy) is 1. The van der Waals surface area contributed by atoms with Gasteiger partial charge in [-0.2, -0.15) is 0 Å². The Kier molecular flexibility index (Phi) is 6.94. The monoisotopic (exact) mass is 416 g/mol. The van der Waals surface area contributed by atoms with Gasteiger partial charge in [0.15, 0.2) is 5.69 Å². The summed E-state index contributed by atoms with van der Waals surface area (Å²) in [7, 11) is 1.28. The van der Waals surface area contributed by atoms with Gasteiger partial charge in [-0.15, -0.1) is 5.10 Å². The molecule has 3 rings (SSSR count). The molecule has 0 spiro atoms. The molecule has 11 heteroatoms. The van der Waals surface area contributed by atoms with E-state index in [1.165, 1.54) is 19.4 Å². The van der Waals surface area contributed by atoms with Gasteiger partial charge in [0.2, 0.25) is 5.91 Å². The molecule has 0 radical (unpaired) electrons. The van der Waals surface area contributed by atoms with Crippen LogP contribution in [0.3, 0.4) is 0 Å². The van der Waals surface area contributed by atoms with E-state index in [9.17, 15) is 19.7 Å². The summed E-state index contributed by atoms with van der Waals surface area (Å²) in [6.07, 6.45) is 5.28. The average Bonchev–Trinajstić information content (AvgIpc) is 3.24. The molecular formula is C19H24N6O5. The van der Waals surface area contributed by atoms with E-state index in [2.05, 4.69) is 25.7 Å². The van der Waals surface area contributed by atoms with Crippen LogP contribution in [0, 0.1) is 10.1 Å². The average molecular weight is 416 g/mol. The van der Waals surface area contributed by atoms with Crippen LogP contribution < -0.4 is 10.6 Å². The number of esters is 1. The molecule has 0 saturated heterocycles. The molecule has 1 aromatic heterocycles. The zero-order valence-corrected chi connectivity index (χ0v) is 16.6. The molecule has 1 aliphatic carbocycles. The molecule has 2 aromatic rings. The summed E-state index contributed by atoms with van der Waals surface area (Å²) in [5.74, 6) is -0.718. The molecule has 0 bridgehead atoms. The second-order valence-corrected chi connectivity index (χ2v) is 7.05. The van der Waals surface area contributed by atoms with Crippen molar-refractivity contribution in [2.75, 3.05) is 19.0 Å². The van der Waals surface area contributed by atoms with E-state index in [-0.39, 0.29) is 42.3 Å². The van der Waals surface area contributed by atoms with Crippen molar-refractivity contribution in [1.82, 2.24) is 20.3 Å². The van der Waals surface area contributed by atoms with E-state index < -0.39 is 10.9 Å². The first kappa shape index (κ1) is 21.2. The Morgan fingerprint density at radius 1 is 1.30 bits per heavy atom. The fourth-order valence-corrected chi connectivity index (χ4v) is 3.61. The lowest BCUT2D eigenvalue weighted by Crippen LogP contribution is -2.43. The number of nitro groups is 1. The van der Waals surface area contributed by atoms with Crippen LogP contribution in [0.25, 0.3) is 0 Å². The molecule has 1 aliphatic rings. The summed E-state index contributed by atoms with van der Waals surface area (Å²) in [4.78, 5) is 34.7. The van der Waals surface area contributed by atoms with Crippen molar-refractivity contribution in [3.8, 4) is 0 Å². The van der Waals surface area contributed by atoms with Crippen molar-refractivity contribution in [2.24, 2.45) is 0 Å². The lowest BCUT2D eigenvalue weighted by Gasteiger charge is -2.32. The Hall–Kier alpha value is -3.50. The van der Waals surface area contributed by atoms with Gasteiger partial charge in [0.1, 0.15) is 5.69 Å². The minimum absolute atomic E-state index is 0.0298. The van der Waals surface area contributed by atoms with Crippen LogP contribution in [0.5, 0.6) is 0 Å². The van der Waals surface area contributed by atoms with Crippen LogP contribution in [0.1, 0.15) is 48.6 Å². The lowest BCUT2D eigenvalue weighted by atomic mass is 9.90. The third-order valence-corrected chi connectivity index (χ3v) is 5.09. The normalized spacial score (nSPS) is 18.4. The third-order valence-electron chi connectivity index (χ3n) is 5.09. The van der Waals surface area contributed by atoms with Crippen molar-refractivity contribution >= 4 is 23.3 Å². The number of hydrogen-bond acceptors (Lipinski definition) is 8. The fourth-order valence-electron chi connectivity index (χ4n) is 3.61. The van der Waals surface area contributed by atoms with E-state index in [4.69, 9.17) is 0 Å². The number of hydrogen-bond donors (Lipinski definition) is 2. The summed E-state index contributed by atoms with van der Waals surface area (Å²) in [6.45, 7) is 0.268. The predicted octanol–water partition coefficient (Wildman–Crippen LogP) is 2.07. The number of rotatable bonds is 8. The Labute approximate surface area is 172 Å². The molecule has 2 N–H and O–H groups in total. The number of carbonyl (C=O) groups excluding carboxylic acids is 2. The zero-order valence-electron chi connectivity index (χ0n) is 16.6. The second-order valence-electron chi connectivity index (χ2n) is 7.05. The number of para-hydroxylation sites is 2. The van der Waals surface area contributed by atoms with Crippen LogP contribution >= 0.6 is 0 Å². The number of amides is 1. The fraction of sp³-hybridized carbons (Fsp3) is 0.474. The molecule has 2 atom stereocenters. The first-order valence-electron chi connectivity index (χ1n) is 9.76. The van der Waals surface area contributed by atoms with E-state index >= 15 is 0 Å². The molecule has 1 fully saturated rings. The topological polar surface area (TPSA) is 141 Å². The first-order valence-corrected chi connectivity index (χ1v) is 9.76. The number of methoxy groups -OCH3 is 1. The highest BCUT2D eigenvalue weighted by Gasteiger charge is 2.29. The highest BCUT2D eigenvalue weighted by atomic mass is 16.6. The first-order chi connectivity index (χ1) is 14.5. The molecule has 30 heavy (non-hydrogen) atoms. The minimum atomic E-state index is -0.557. The van der Waals surface area contributed by atoms with Crippen LogP contribution in [0.4, 0.5) is 11.4 Å². The minimum Gasteiger partial charge on any atom is -0.464 e. The summed E-state index contributed by atoms with van der Waals surface area (Å²) in [5, 5.41) is 24.9. The number of nitro benzene ring substituents is 1. The van der Waals surface area contributed by atoms with Crippen molar-refractivity contribution in [3.05, 3.63) is 46.3 Å². The summed E-state index contributed by atoms with van der Waals surface area (Å²) >= 11 is 0. The highest BCUT2D eigenvalue weighted by molar-refractivity contribution is 5.86. The van der Waals surface area contributed by atoms with Gasteiger partial charge in [0.05, 0.1) is 30.3 Å². The maximum atomic E-state index is 12.5. The molecule has 0 unspecified atom stereocenters. The number of carbonyl (C=O) groups is 2. The molecule has 1 amide bonds. The Morgan fingerprint density at radius 2 is 2.07 bits per heavy atom. The van der Waals surface area contributed by atoms with Gasteiger partial charge in [0, 0.05) is 19.0 Å². The molecule has 1 aromatic carbocycles. The van der Waals surface area contributed by atoms with Crippen LogP contribution in [0.2, 0.25) is 0 Å². The quantitative estimate of drug-likeness (QED) is 0.378. The molecule has 1 saturated carbocycles. The van der Waals surface area contributed by atoms with Crippen molar-refractivity contribution in [3.63, 3.8) is 0 Å². The molecule has 11 nitrogen and oxygen atoms in total. The largest absolute Gasteiger partial charge is 0.464 e. The summed E-state index contributed by atoms with van der Waals surface area (Å²) < 4.78 is 6.27. The SMILES string of the molecule is COC(=O)c1cn([C@@H]2CCCC[C@H]2NC(=O)CCNc2ccccc2[N+](=O)[O-])nn1. The number of benzene rings is 1. The number of nitrogens with zero attached hydrogens (tertiary/aromatic N) is 4. The van der Waals surface area contributed by atoms with Gasteiger partial charge in [-0.1, -0.05) is 30.2 Å². The number of aromatic nitrogens is 3. The standard InChI is InChI=1S/C19H24N6O5/c1-30-19(27)15-12-24(23-22-15)16-8-4-3-7-14(16)21-18(26)10-11-20-13-6-2-5-9-17(13)25(28)29/h2,5-6,9,12,14,16,20H,3-4,7-8,10-11H2,1H3,(H,21,26)/t14-,16-/m1/s1. The predicted molar refractivity (Wildman–Crippen MR) is 107 cm³/mol. The van der Waals surface area contributed by atoms with Crippen molar-refractivity contribution in [1.29, 1.82) is 0 Å². The second kappa shape index (κ2) is 9.81. The van der Waals surface area contributed by atoms with E-state index in [1.807, 2.05) is 0 Å². The third kappa shape index (κ3) is 5.10. The van der Waals surface area contributed by atoms with Gasteiger partial charge in [0.25, 0.3) is 5.69 Å². The van der Waals surface area contributed by atoms with Gasteiger partial charge in [-0.3, -0.25) is 14.9 Å². The van der Waals surface area contributed by atoms with E-state index in [0.29, 0.717) is 5.69 Å². The van der Waals surface area contributed by atoms with Crippen LogP contribution in [-0.2, 0) is 9.53 Å². The molecule has 1 heterocycles. The highest BCUT2D eigenvalue weighted by Crippen LogP contribution is 2.28. The van der Waals surface area contributed by atoms with E-state index in [1.54, 1.807) is 22.9 Å². The van der Waals surface area contributed by atoms with Gasteiger partial charge >= 0.3 is 5.97 Å². The van der Waals surface area contributed by atoms with E-state index in [0.717, 1.165) is 25.7 Å². The van der Waals surface area contributed by atoms with Crippen molar-refractivity contribution < 1.29 is 19.2 Å². The smallest absolute Gasteiger partial charge is 0.360 e. The molecule has 160 valence electrons. The Bertz CT molecular complexity index is 914.